The first kappa shape index (κ1) is 12.1. The van der Waals surface area contributed by atoms with E-state index in [2.05, 4.69) is 72.8 Å². The molecule has 0 nitrogen and oxygen atoms in total. The van der Waals surface area contributed by atoms with Crippen molar-refractivity contribution < 1.29 is 0 Å². The van der Waals surface area contributed by atoms with Gasteiger partial charge in [-0.1, -0.05) is 72.8 Å². The zero-order valence-electron chi connectivity index (χ0n) is 10.4. The maximum absolute atomic E-state index is 2.24. The summed E-state index contributed by atoms with van der Waals surface area (Å²) < 4.78 is 0. The molecule has 3 radical (unpaired) electrons. The molecule has 0 heterocycles. The molecular formula is C18H12P. The Bertz CT molecular complexity index is 803. The molecule has 4 rings (SSSR count). The summed E-state index contributed by atoms with van der Waals surface area (Å²) in [6.07, 6.45) is 0. The van der Waals surface area contributed by atoms with E-state index in [0.717, 1.165) is 0 Å². The van der Waals surface area contributed by atoms with Gasteiger partial charge in [0.1, 0.15) is 0 Å². The van der Waals surface area contributed by atoms with Crippen LogP contribution in [0.5, 0.6) is 0 Å². The molecule has 0 N–H and O–H groups in total. The molecule has 0 spiro atoms. The second-order valence-corrected chi connectivity index (χ2v) is 4.67. The SMILES string of the molecule is [P].c1ccc2c(c1)ccc1c3ccccc3ccc21. The normalized spacial score (nSPS) is 10.7. The molecule has 1 heteroatoms. The molecule has 0 aliphatic rings. The third kappa shape index (κ3) is 1.80. The Morgan fingerprint density at radius 1 is 0.368 bits per heavy atom. The fraction of sp³-hybridized carbons (Fsp3) is 0. The molecule has 89 valence electrons. The van der Waals surface area contributed by atoms with Crippen molar-refractivity contribution >= 4 is 42.2 Å². The van der Waals surface area contributed by atoms with E-state index >= 15 is 0 Å². The summed E-state index contributed by atoms with van der Waals surface area (Å²) >= 11 is 0. The van der Waals surface area contributed by atoms with E-state index < -0.39 is 0 Å². The van der Waals surface area contributed by atoms with Crippen molar-refractivity contribution in [2.45, 2.75) is 0 Å². The molecule has 19 heavy (non-hydrogen) atoms. The number of fused-ring (bicyclic) bond motifs is 5. The van der Waals surface area contributed by atoms with Gasteiger partial charge in [-0.15, -0.1) is 0 Å². The summed E-state index contributed by atoms with van der Waals surface area (Å²) in [4.78, 5) is 0. The van der Waals surface area contributed by atoms with Gasteiger partial charge in [0.2, 0.25) is 0 Å². The third-order valence-electron chi connectivity index (χ3n) is 3.65. The molecule has 0 aliphatic carbocycles. The highest BCUT2D eigenvalue weighted by Crippen LogP contribution is 2.30. The average Bonchev–Trinajstić information content (AvgIpc) is 2.46. The highest BCUT2D eigenvalue weighted by Gasteiger charge is 2.03. The molecule has 0 atom stereocenters. The van der Waals surface area contributed by atoms with Gasteiger partial charge in [0.25, 0.3) is 0 Å². The van der Waals surface area contributed by atoms with Gasteiger partial charge in [-0.3, -0.25) is 0 Å². The van der Waals surface area contributed by atoms with Crippen molar-refractivity contribution in [3.05, 3.63) is 72.8 Å². The Kier molecular flexibility index (Phi) is 2.97. The molecule has 0 aromatic heterocycles. The molecule has 0 amide bonds. The van der Waals surface area contributed by atoms with Crippen LogP contribution >= 0.6 is 9.90 Å². The van der Waals surface area contributed by atoms with E-state index in [9.17, 15) is 0 Å². The Morgan fingerprint density at radius 2 is 0.789 bits per heavy atom. The first-order chi connectivity index (χ1) is 8.93. The lowest BCUT2D eigenvalue weighted by Crippen LogP contribution is -1.79. The van der Waals surface area contributed by atoms with Crippen LogP contribution in [0.15, 0.2) is 72.8 Å². The van der Waals surface area contributed by atoms with Gasteiger partial charge in [0, 0.05) is 9.90 Å². The molecular weight excluding hydrogens is 247 g/mol. The Balaban J connectivity index is 0.00000110. The molecule has 0 bridgehead atoms. The van der Waals surface area contributed by atoms with Crippen LogP contribution in [0.3, 0.4) is 0 Å². The first-order valence-corrected chi connectivity index (χ1v) is 6.23. The highest BCUT2D eigenvalue weighted by atomic mass is 31.0. The van der Waals surface area contributed by atoms with Crippen molar-refractivity contribution in [1.29, 1.82) is 0 Å². The van der Waals surface area contributed by atoms with Gasteiger partial charge in [0.15, 0.2) is 0 Å². The molecule has 0 aliphatic heterocycles. The number of rotatable bonds is 0. The maximum Gasteiger partial charge on any atom is 0 e. The summed E-state index contributed by atoms with van der Waals surface area (Å²) in [6, 6.07) is 26.0. The lowest BCUT2D eigenvalue weighted by molar-refractivity contribution is 1.77. The Morgan fingerprint density at radius 3 is 1.26 bits per heavy atom. The fourth-order valence-corrected chi connectivity index (χ4v) is 2.77. The van der Waals surface area contributed by atoms with Crippen molar-refractivity contribution in [3.8, 4) is 0 Å². The van der Waals surface area contributed by atoms with Crippen LogP contribution in [0, 0.1) is 0 Å². The van der Waals surface area contributed by atoms with Gasteiger partial charge in [-0.2, -0.15) is 0 Å². The van der Waals surface area contributed by atoms with Crippen molar-refractivity contribution in [3.63, 3.8) is 0 Å². The van der Waals surface area contributed by atoms with E-state index in [1.807, 2.05) is 0 Å². The lowest BCUT2D eigenvalue weighted by atomic mass is 9.97. The van der Waals surface area contributed by atoms with Crippen LogP contribution in [0.25, 0.3) is 32.3 Å². The monoisotopic (exact) mass is 259 g/mol. The summed E-state index contributed by atoms with van der Waals surface area (Å²) in [5, 5.41) is 7.96. The maximum atomic E-state index is 2.24. The fourth-order valence-electron chi connectivity index (χ4n) is 2.77. The van der Waals surface area contributed by atoms with Crippen LogP contribution in [0.1, 0.15) is 0 Å². The molecule has 4 aromatic rings. The zero-order valence-corrected chi connectivity index (χ0v) is 11.3. The zero-order chi connectivity index (χ0) is 11.9. The predicted octanol–water partition coefficient (Wildman–Crippen LogP) is 6.01. The topological polar surface area (TPSA) is 0 Å². The summed E-state index contributed by atoms with van der Waals surface area (Å²) in [6.45, 7) is 0. The standard InChI is InChI=1S/C18H12.P/c1-3-7-15-13(5-1)9-11-18-16-8-4-2-6-14(16)10-12-17(15)18;/h1-12H;. The minimum Gasteiger partial charge on any atom is -0.0616 e. The van der Waals surface area contributed by atoms with Crippen LogP contribution in [0.4, 0.5) is 0 Å². The Hall–Kier alpha value is -1.91. The van der Waals surface area contributed by atoms with Crippen LogP contribution in [0.2, 0.25) is 0 Å². The summed E-state index contributed by atoms with van der Waals surface area (Å²) in [7, 11) is 0. The van der Waals surface area contributed by atoms with Crippen molar-refractivity contribution in [2.24, 2.45) is 0 Å². The molecule has 0 unspecified atom stereocenters. The van der Waals surface area contributed by atoms with Gasteiger partial charge >= 0.3 is 0 Å². The molecule has 0 fully saturated rings. The van der Waals surface area contributed by atoms with Gasteiger partial charge < -0.3 is 0 Å². The van der Waals surface area contributed by atoms with Gasteiger partial charge in [0.05, 0.1) is 0 Å². The number of hydrogen-bond donors (Lipinski definition) is 0. The quantitative estimate of drug-likeness (QED) is 0.268. The average molecular weight is 259 g/mol. The Labute approximate surface area is 115 Å². The van der Waals surface area contributed by atoms with E-state index in [1.165, 1.54) is 32.3 Å². The third-order valence-corrected chi connectivity index (χ3v) is 3.65. The lowest BCUT2D eigenvalue weighted by Gasteiger charge is -2.07. The molecule has 0 saturated heterocycles. The van der Waals surface area contributed by atoms with Crippen molar-refractivity contribution in [2.75, 3.05) is 0 Å². The van der Waals surface area contributed by atoms with E-state index in [0.29, 0.717) is 0 Å². The predicted molar refractivity (Wildman–Crippen MR) is 85.9 cm³/mol. The minimum absolute atomic E-state index is 0. The van der Waals surface area contributed by atoms with Crippen LogP contribution in [-0.4, -0.2) is 0 Å². The molecule has 0 saturated carbocycles. The smallest absolute Gasteiger partial charge is 0 e. The van der Waals surface area contributed by atoms with Gasteiger partial charge in [-0.25, -0.2) is 0 Å². The van der Waals surface area contributed by atoms with E-state index in [1.54, 1.807) is 0 Å². The highest BCUT2D eigenvalue weighted by molar-refractivity contribution is 6.92. The molecule has 4 aromatic carbocycles. The number of hydrogen-bond acceptors (Lipinski definition) is 0. The number of benzene rings is 4. The summed E-state index contributed by atoms with van der Waals surface area (Å²) in [5.41, 5.74) is 0. The van der Waals surface area contributed by atoms with E-state index in [-0.39, 0.29) is 9.90 Å². The van der Waals surface area contributed by atoms with Crippen molar-refractivity contribution in [1.82, 2.24) is 0 Å². The van der Waals surface area contributed by atoms with Gasteiger partial charge in [-0.05, 0) is 32.3 Å². The minimum atomic E-state index is 0. The summed E-state index contributed by atoms with van der Waals surface area (Å²) in [5.74, 6) is 0. The van der Waals surface area contributed by atoms with Crippen LogP contribution < -0.4 is 0 Å². The van der Waals surface area contributed by atoms with Crippen LogP contribution in [-0.2, 0) is 0 Å². The van der Waals surface area contributed by atoms with E-state index in [4.69, 9.17) is 0 Å². The second kappa shape index (κ2) is 4.64. The second-order valence-electron chi connectivity index (χ2n) is 4.67. The largest absolute Gasteiger partial charge is 0.0616 e. The first-order valence-electron chi connectivity index (χ1n) is 6.23.